The van der Waals surface area contributed by atoms with E-state index in [2.05, 4.69) is 10.6 Å². The summed E-state index contributed by atoms with van der Waals surface area (Å²) in [4.78, 5) is 37.5. The smallest absolute Gasteiger partial charge is 0.321 e. The van der Waals surface area contributed by atoms with Crippen LogP contribution in [0.3, 0.4) is 0 Å². The average Bonchev–Trinajstić information content (AvgIpc) is 2.53. The van der Waals surface area contributed by atoms with Gasteiger partial charge in [-0.15, -0.1) is 0 Å². The van der Waals surface area contributed by atoms with E-state index in [9.17, 15) is 14.4 Å². The summed E-state index contributed by atoms with van der Waals surface area (Å²) in [5, 5.41) is 14.7. The van der Waals surface area contributed by atoms with Gasteiger partial charge in [0.2, 0.25) is 0 Å². The van der Waals surface area contributed by atoms with Crippen LogP contribution in [0.15, 0.2) is 24.3 Å². The van der Waals surface area contributed by atoms with Gasteiger partial charge in [-0.25, -0.2) is 4.79 Å². The van der Waals surface area contributed by atoms with Crippen molar-refractivity contribution in [3.63, 3.8) is 0 Å². The van der Waals surface area contributed by atoms with Crippen LogP contribution in [-0.2, 0) is 4.79 Å². The van der Waals surface area contributed by atoms with Crippen molar-refractivity contribution < 1.29 is 19.5 Å². The first kappa shape index (κ1) is 18.8. The van der Waals surface area contributed by atoms with Crippen molar-refractivity contribution in [3.05, 3.63) is 29.8 Å². The van der Waals surface area contributed by atoms with E-state index in [4.69, 9.17) is 5.11 Å². The van der Waals surface area contributed by atoms with Crippen molar-refractivity contribution >= 4 is 23.6 Å². The Morgan fingerprint density at radius 1 is 1.20 bits per heavy atom. The minimum atomic E-state index is -0.887. The van der Waals surface area contributed by atoms with Gasteiger partial charge in [0.15, 0.2) is 0 Å². The van der Waals surface area contributed by atoms with E-state index in [0.717, 1.165) is 0 Å². The number of carbonyl (C=O) groups is 3. The molecule has 2 rings (SSSR count). The number of nitrogens with zero attached hydrogens (tertiary/aromatic N) is 1. The number of hydrogen-bond donors (Lipinski definition) is 3. The zero-order chi connectivity index (χ0) is 18.6. The number of carboxylic acid groups (broad SMARTS) is 1. The molecule has 0 saturated carbocycles. The molecule has 0 radical (unpaired) electrons. The zero-order valence-corrected chi connectivity index (χ0v) is 14.8. The molecule has 25 heavy (non-hydrogen) atoms. The van der Waals surface area contributed by atoms with E-state index in [1.807, 2.05) is 20.8 Å². The summed E-state index contributed by atoms with van der Waals surface area (Å²) < 4.78 is 0. The Kier molecular flexibility index (Phi) is 5.66. The Balaban J connectivity index is 2.11. The van der Waals surface area contributed by atoms with E-state index in [1.54, 1.807) is 24.3 Å². The van der Waals surface area contributed by atoms with Crippen molar-refractivity contribution in [3.8, 4) is 0 Å². The van der Waals surface area contributed by atoms with Crippen LogP contribution in [0.2, 0.25) is 0 Å². The molecule has 1 aliphatic rings. The van der Waals surface area contributed by atoms with Gasteiger partial charge in [-0.05, 0) is 45.7 Å². The molecule has 0 spiro atoms. The Morgan fingerprint density at radius 2 is 1.88 bits per heavy atom. The predicted octanol–water partition coefficient (Wildman–Crippen LogP) is 2.54. The van der Waals surface area contributed by atoms with Gasteiger partial charge in [0.1, 0.15) is 0 Å². The molecule has 1 aromatic carbocycles. The molecule has 0 aliphatic carbocycles. The number of likely N-dealkylation sites (tertiary alicyclic amines) is 1. The number of piperidine rings is 1. The standard InChI is InChI=1S/C18H25N3O4/c1-18(2,3)20-15(22)13-8-4-5-9-14(13)19-17(25)21-10-6-7-12(11-21)16(23)24/h4-5,8-9,12H,6-7,10-11H2,1-3H3,(H,19,25)(H,20,22)(H,23,24). The number of anilines is 1. The highest BCUT2D eigenvalue weighted by atomic mass is 16.4. The Bertz CT molecular complexity index is 667. The van der Waals surface area contributed by atoms with Crippen molar-refractivity contribution in [2.45, 2.75) is 39.2 Å². The number of para-hydroxylation sites is 1. The highest BCUT2D eigenvalue weighted by molar-refractivity contribution is 6.03. The summed E-state index contributed by atoms with van der Waals surface area (Å²) >= 11 is 0. The molecule has 3 amide bonds. The number of nitrogens with one attached hydrogen (secondary N) is 2. The van der Waals surface area contributed by atoms with Crippen molar-refractivity contribution in [2.24, 2.45) is 5.92 Å². The summed E-state index contributed by atoms with van der Waals surface area (Å²) in [6, 6.07) is 6.39. The second-order valence-electron chi connectivity index (χ2n) is 7.30. The lowest BCUT2D eigenvalue weighted by Crippen LogP contribution is -2.45. The monoisotopic (exact) mass is 347 g/mol. The Labute approximate surface area is 147 Å². The lowest BCUT2D eigenvalue weighted by molar-refractivity contribution is -0.143. The zero-order valence-electron chi connectivity index (χ0n) is 14.8. The molecule has 1 saturated heterocycles. The highest BCUT2D eigenvalue weighted by Gasteiger charge is 2.28. The average molecular weight is 347 g/mol. The number of carboxylic acids is 1. The Morgan fingerprint density at radius 3 is 2.52 bits per heavy atom. The predicted molar refractivity (Wildman–Crippen MR) is 94.6 cm³/mol. The van der Waals surface area contributed by atoms with Crippen LogP contribution in [0.1, 0.15) is 44.0 Å². The Hall–Kier alpha value is -2.57. The van der Waals surface area contributed by atoms with Gasteiger partial charge in [0.05, 0.1) is 17.2 Å². The van der Waals surface area contributed by atoms with E-state index in [-0.39, 0.29) is 18.5 Å². The van der Waals surface area contributed by atoms with Gasteiger partial charge in [-0.1, -0.05) is 12.1 Å². The van der Waals surface area contributed by atoms with Crippen LogP contribution in [0, 0.1) is 5.92 Å². The van der Waals surface area contributed by atoms with E-state index in [0.29, 0.717) is 30.6 Å². The molecule has 3 N–H and O–H groups in total. The second kappa shape index (κ2) is 7.55. The highest BCUT2D eigenvalue weighted by Crippen LogP contribution is 2.20. The fourth-order valence-electron chi connectivity index (χ4n) is 2.76. The van der Waals surface area contributed by atoms with Crippen molar-refractivity contribution in [1.82, 2.24) is 10.2 Å². The lowest BCUT2D eigenvalue weighted by Gasteiger charge is -2.31. The maximum atomic E-state index is 12.5. The van der Waals surface area contributed by atoms with Gasteiger partial charge in [0, 0.05) is 18.6 Å². The summed E-state index contributed by atoms with van der Waals surface area (Å²) in [5.41, 5.74) is 0.389. The minimum absolute atomic E-state index is 0.178. The molecule has 0 bridgehead atoms. The molecule has 1 atom stereocenters. The van der Waals surface area contributed by atoms with E-state index < -0.39 is 17.4 Å². The number of amides is 3. The summed E-state index contributed by atoms with van der Waals surface area (Å²) in [7, 11) is 0. The molecular formula is C18H25N3O4. The SMILES string of the molecule is CC(C)(C)NC(=O)c1ccccc1NC(=O)N1CCCC(C(=O)O)C1. The van der Waals surface area contributed by atoms with Gasteiger partial charge in [-0.3, -0.25) is 9.59 Å². The summed E-state index contributed by atoms with van der Waals surface area (Å²) in [6.45, 7) is 6.33. The molecule has 1 heterocycles. The van der Waals surface area contributed by atoms with Crippen LogP contribution >= 0.6 is 0 Å². The van der Waals surface area contributed by atoms with E-state index in [1.165, 1.54) is 4.90 Å². The first-order chi connectivity index (χ1) is 11.7. The third kappa shape index (κ3) is 5.20. The maximum absolute atomic E-state index is 12.5. The first-order valence-corrected chi connectivity index (χ1v) is 8.37. The normalized spacial score (nSPS) is 17.7. The third-order valence-corrected chi connectivity index (χ3v) is 3.96. The number of aliphatic carboxylic acids is 1. The van der Waals surface area contributed by atoms with Crippen LogP contribution in [0.25, 0.3) is 0 Å². The van der Waals surface area contributed by atoms with Crippen molar-refractivity contribution in [2.75, 3.05) is 18.4 Å². The largest absolute Gasteiger partial charge is 0.481 e. The third-order valence-electron chi connectivity index (χ3n) is 3.96. The lowest BCUT2D eigenvalue weighted by atomic mass is 9.99. The topological polar surface area (TPSA) is 98.7 Å². The quantitative estimate of drug-likeness (QED) is 0.782. The number of carbonyl (C=O) groups excluding carboxylic acids is 2. The molecule has 7 heteroatoms. The van der Waals surface area contributed by atoms with Crippen molar-refractivity contribution in [1.29, 1.82) is 0 Å². The number of rotatable bonds is 3. The maximum Gasteiger partial charge on any atom is 0.321 e. The number of urea groups is 1. The molecule has 1 aromatic rings. The summed E-state index contributed by atoms with van der Waals surface area (Å²) in [5.74, 6) is -1.70. The molecule has 7 nitrogen and oxygen atoms in total. The fraction of sp³-hybridized carbons (Fsp3) is 0.500. The van der Waals surface area contributed by atoms with Gasteiger partial charge < -0.3 is 20.6 Å². The molecule has 136 valence electrons. The minimum Gasteiger partial charge on any atom is -0.481 e. The van der Waals surface area contributed by atoms with Crippen LogP contribution in [0.4, 0.5) is 10.5 Å². The van der Waals surface area contributed by atoms with E-state index >= 15 is 0 Å². The van der Waals surface area contributed by atoms with Crippen LogP contribution < -0.4 is 10.6 Å². The summed E-state index contributed by atoms with van der Waals surface area (Å²) in [6.07, 6.45) is 1.22. The van der Waals surface area contributed by atoms with Gasteiger partial charge >= 0.3 is 12.0 Å². The molecule has 1 unspecified atom stereocenters. The molecule has 1 fully saturated rings. The van der Waals surface area contributed by atoms with Crippen LogP contribution in [0.5, 0.6) is 0 Å². The second-order valence-corrected chi connectivity index (χ2v) is 7.30. The fourth-order valence-corrected chi connectivity index (χ4v) is 2.76. The number of hydrogen-bond acceptors (Lipinski definition) is 3. The van der Waals surface area contributed by atoms with Gasteiger partial charge in [0.25, 0.3) is 5.91 Å². The molecule has 1 aliphatic heterocycles. The van der Waals surface area contributed by atoms with Gasteiger partial charge in [-0.2, -0.15) is 0 Å². The van der Waals surface area contributed by atoms with Crippen LogP contribution in [-0.4, -0.2) is 46.5 Å². The number of benzene rings is 1. The molecule has 0 aromatic heterocycles. The molecular weight excluding hydrogens is 322 g/mol. The first-order valence-electron chi connectivity index (χ1n) is 8.37.